The van der Waals surface area contributed by atoms with Crippen molar-refractivity contribution in [3.05, 3.63) is 0 Å². The molecule has 6 nitrogen and oxygen atoms in total. The molecule has 0 aliphatic rings. The van der Waals surface area contributed by atoms with Crippen molar-refractivity contribution in [2.45, 2.75) is 135 Å². The van der Waals surface area contributed by atoms with E-state index in [4.69, 9.17) is 4.52 Å². The van der Waals surface area contributed by atoms with E-state index >= 15 is 0 Å². The molecule has 0 aliphatic heterocycles. The highest BCUT2D eigenvalue weighted by Gasteiger charge is 2.38. The van der Waals surface area contributed by atoms with Crippen LogP contribution in [0, 0.1) is 0 Å². The molecule has 3 atom stereocenters. The summed E-state index contributed by atoms with van der Waals surface area (Å²) in [6, 6.07) is 0. The van der Waals surface area contributed by atoms with Crippen LogP contribution in [0.15, 0.2) is 0 Å². The molecule has 32 heavy (non-hydrogen) atoms. The van der Waals surface area contributed by atoms with Crippen LogP contribution in [0.5, 0.6) is 0 Å². The Morgan fingerprint density at radius 1 is 0.844 bits per heavy atom. The third kappa shape index (κ3) is 17.4. The van der Waals surface area contributed by atoms with Crippen LogP contribution in [-0.4, -0.2) is 34.3 Å². The zero-order valence-corrected chi connectivity index (χ0v) is 22.7. The van der Waals surface area contributed by atoms with Gasteiger partial charge in [-0.25, -0.2) is 9.36 Å². The summed E-state index contributed by atoms with van der Waals surface area (Å²) in [5.41, 5.74) is -1.34. The number of unbranched alkanes of at least 4 members (excludes halogenated alkanes) is 11. The van der Waals surface area contributed by atoms with Gasteiger partial charge in [-0.2, -0.15) is 16.6 Å². The van der Waals surface area contributed by atoms with Crippen LogP contribution in [0.2, 0.25) is 0 Å². The summed E-state index contributed by atoms with van der Waals surface area (Å²) < 4.78 is 17.6. The molecule has 0 radical (unpaired) electrons. The maximum Gasteiger partial charge on any atom is 0.452 e. The van der Waals surface area contributed by atoms with Crippen molar-refractivity contribution in [1.82, 2.24) is 0 Å². The maximum absolute atomic E-state index is 12.3. The van der Waals surface area contributed by atoms with Gasteiger partial charge in [0, 0.05) is 5.25 Å². The van der Waals surface area contributed by atoms with Gasteiger partial charge in [0.25, 0.3) is 0 Å². The first-order valence-electron chi connectivity index (χ1n) is 12.9. The molecule has 0 aromatic heterocycles. The molecule has 0 saturated heterocycles. The Morgan fingerprint density at radius 2 is 1.38 bits per heavy atom. The minimum atomic E-state index is -4.54. The minimum absolute atomic E-state index is 0.0748. The average molecular weight is 497 g/mol. The summed E-state index contributed by atoms with van der Waals surface area (Å²) in [4.78, 5) is 30.9. The van der Waals surface area contributed by atoms with Gasteiger partial charge in [0.2, 0.25) is 0 Å². The van der Waals surface area contributed by atoms with Crippen molar-refractivity contribution in [3.8, 4) is 0 Å². The van der Waals surface area contributed by atoms with Crippen LogP contribution in [0.4, 0.5) is 4.79 Å². The van der Waals surface area contributed by atoms with E-state index in [0.29, 0.717) is 6.42 Å². The maximum atomic E-state index is 12.3. The van der Waals surface area contributed by atoms with Gasteiger partial charge < -0.3 is 4.89 Å². The summed E-state index contributed by atoms with van der Waals surface area (Å²) in [5, 5.41) is 0.0748. The van der Waals surface area contributed by atoms with Gasteiger partial charge in [0.15, 0.2) is 0 Å². The lowest BCUT2D eigenvalue weighted by Gasteiger charge is -2.25. The molecule has 0 saturated carbocycles. The lowest BCUT2D eigenvalue weighted by Crippen LogP contribution is -2.24. The summed E-state index contributed by atoms with van der Waals surface area (Å²) in [5.74, 6) is 1.00. The summed E-state index contributed by atoms with van der Waals surface area (Å²) in [7, 11) is -4.54. The second kappa shape index (κ2) is 21.5. The van der Waals surface area contributed by atoms with E-state index in [0.717, 1.165) is 37.9 Å². The fraction of sp³-hybridized carbons (Fsp3) is 0.958. The zero-order valence-electron chi connectivity index (χ0n) is 21.0. The summed E-state index contributed by atoms with van der Waals surface area (Å²) in [6.07, 6.45) is 17.2. The first-order chi connectivity index (χ1) is 15.4. The lowest BCUT2D eigenvalue weighted by molar-refractivity contribution is -0.231. The van der Waals surface area contributed by atoms with E-state index in [2.05, 4.69) is 23.6 Å². The third-order valence-corrected chi connectivity index (χ3v) is 8.13. The molecule has 3 unspecified atom stereocenters. The number of carbonyl (C=O) groups excluding carboxylic acids is 1. The van der Waals surface area contributed by atoms with Crippen molar-refractivity contribution in [2.75, 3.05) is 12.4 Å². The molecule has 1 N–H and O–H groups in total. The van der Waals surface area contributed by atoms with Gasteiger partial charge in [-0.05, 0) is 31.9 Å². The predicted octanol–water partition coefficient (Wildman–Crippen LogP) is 8.66. The van der Waals surface area contributed by atoms with Crippen molar-refractivity contribution in [3.63, 3.8) is 0 Å². The molecule has 0 rings (SSSR count). The fourth-order valence-electron chi connectivity index (χ4n) is 3.43. The number of carbonyl (C=O) groups is 1. The standard InChI is InChI=1S/C24H49O6PS/c1-5-8-10-12-13-14-15-16-18-21-32-23(19-17-11-9-6-2)22(4)30-31(26,27)24(25)29-28-20-7-3/h22-23H,5-21H2,1-4H3,(H,26,27). The number of hydrogen-bond acceptors (Lipinski definition) is 6. The molecule has 192 valence electrons. The monoisotopic (exact) mass is 496 g/mol. The molecule has 8 heteroatoms. The van der Waals surface area contributed by atoms with Gasteiger partial charge in [-0.3, -0.25) is 9.41 Å². The van der Waals surface area contributed by atoms with Crippen LogP contribution in [0.3, 0.4) is 0 Å². The predicted molar refractivity (Wildman–Crippen MR) is 135 cm³/mol. The van der Waals surface area contributed by atoms with Crippen molar-refractivity contribution in [1.29, 1.82) is 0 Å². The Hall–Kier alpha value is -0.0700. The molecule has 0 fully saturated rings. The molecular weight excluding hydrogens is 447 g/mol. The number of thioether (sulfide) groups is 1. The van der Waals surface area contributed by atoms with Gasteiger partial charge in [-0.15, -0.1) is 0 Å². The SMILES string of the molecule is CCCCCCCCCCCSC(CCCCCC)C(C)OP(=O)(O)C(=O)OOCCC. The van der Waals surface area contributed by atoms with Crippen molar-refractivity contribution in [2.24, 2.45) is 0 Å². The quantitative estimate of drug-likeness (QED) is 0.0655. The second-order valence-electron chi connectivity index (χ2n) is 8.59. The smallest absolute Gasteiger partial charge is 0.316 e. The average Bonchev–Trinajstić information content (AvgIpc) is 2.76. The van der Waals surface area contributed by atoms with E-state index in [1.165, 1.54) is 57.8 Å². The van der Waals surface area contributed by atoms with Gasteiger partial charge in [-0.1, -0.05) is 97.8 Å². The molecule has 0 aromatic rings. The van der Waals surface area contributed by atoms with E-state index in [9.17, 15) is 14.3 Å². The molecule has 0 bridgehead atoms. The molecule has 0 spiro atoms. The van der Waals surface area contributed by atoms with Crippen LogP contribution < -0.4 is 0 Å². The molecule has 0 aliphatic carbocycles. The molecule has 0 amide bonds. The lowest BCUT2D eigenvalue weighted by atomic mass is 10.1. The Bertz CT molecular complexity index is 491. The van der Waals surface area contributed by atoms with Crippen LogP contribution >= 0.6 is 19.4 Å². The molecular formula is C24H49O6PS. The molecule has 0 aromatic carbocycles. The fourth-order valence-corrected chi connectivity index (χ4v) is 5.68. The Kier molecular flexibility index (Phi) is 21.4. The largest absolute Gasteiger partial charge is 0.452 e. The first kappa shape index (κ1) is 31.9. The van der Waals surface area contributed by atoms with E-state index in [-0.39, 0.29) is 11.9 Å². The topological polar surface area (TPSA) is 82.1 Å². The Balaban J connectivity index is 4.40. The number of rotatable bonds is 23. The Labute approximate surface area is 201 Å². The van der Waals surface area contributed by atoms with E-state index in [1.807, 2.05) is 6.92 Å². The highest BCUT2D eigenvalue weighted by molar-refractivity contribution is 7.99. The Morgan fingerprint density at radius 3 is 1.94 bits per heavy atom. The van der Waals surface area contributed by atoms with E-state index in [1.54, 1.807) is 18.7 Å². The minimum Gasteiger partial charge on any atom is -0.316 e. The first-order valence-corrected chi connectivity index (χ1v) is 15.5. The third-order valence-electron chi connectivity index (χ3n) is 5.40. The zero-order chi connectivity index (χ0) is 24.1. The molecule has 0 heterocycles. The van der Waals surface area contributed by atoms with E-state index < -0.39 is 19.4 Å². The van der Waals surface area contributed by atoms with Gasteiger partial charge in [0.05, 0.1) is 12.7 Å². The highest BCUT2D eigenvalue weighted by Crippen LogP contribution is 2.47. The van der Waals surface area contributed by atoms with Gasteiger partial charge in [0.1, 0.15) is 0 Å². The summed E-state index contributed by atoms with van der Waals surface area (Å²) in [6.45, 7) is 8.22. The van der Waals surface area contributed by atoms with Crippen molar-refractivity contribution < 1.29 is 28.6 Å². The van der Waals surface area contributed by atoms with Crippen LogP contribution in [0.1, 0.15) is 124 Å². The van der Waals surface area contributed by atoms with Crippen LogP contribution in [-0.2, 0) is 18.9 Å². The van der Waals surface area contributed by atoms with Gasteiger partial charge >= 0.3 is 13.3 Å². The highest BCUT2D eigenvalue weighted by atomic mass is 32.2. The second-order valence-corrected chi connectivity index (χ2v) is 11.6. The number of hydrogen-bond donors (Lipinski definition) is 1. The van der Waals surface area contributed by atoms with Crippen LogP contribution in [0.25, 0.3) is 0 Å². The normalized spacial score (nSPS) is 15.3. The van der Waals surface area contributed by atoms with Crippen molar-refractivity contribution >= 4 is 25.1 Å². The summed E-state index contributed by atoms with van der Waals surface area (Å²) >= 11 is 1.80.